The van der Waals surface area contributed by atoms with Crippen molar-refractivity contribution >= 4 is 29.2 Å². The fourth-order valence-electron chi connectivity index (χ4n) is 0.382. The topological polar surface area (TPSA) is 63.3 Å². The second kappa shape index (κ2) is 4.01. The molecule has 0 bridgehead atoms. The van der Waals surface area contributed by atoms with E-state index in [4.69, 9.17) is 34.0 Å². The largest absolute Gasteiger partial charge is 0.480 e. The highest BCUT2D eigenvalue weighted by Gasteiger charge is 2.24. The van der Waals surface area contributed by atoms with E-state index in [-0.39, 0.29) is 0 Å². The van der Waals surface area contributed by atoms with Gasteiger partial charge in [0.25, 0.3) is 0 Å². The van der Waals surface area contributed by atoms with Gasteiger partial charge in [0, 0.05) is 5.92 Å². The first kappa shape index (κ1) is 10.0. The lowest BCUT2D eigenvalue weighted by Crippen LogP contribution is -2.39. The number of rotatable bonds is 3. The molecule has 0 fully saturated rings. The summed E-state index contributed by atoms with van der Waals surface area (Å²) in [5.41, 5.74) is 5.19. The molecule has 10 heavy (non-hydrogen) atoms. The van der Waals surface area contributed by atoms with Crippen molar-refractivity contribution in [2.24, 2.45) is 11.7 Å². The van der Waals surface area contributed by atoms with Crippen LogP contribution < -0.4 is 5.73 Å². The smallest absolute Gasteiger partial charge is 0.320 e. The molecule has 0 aliphatic rings. The third kappa shape index (κ3) is 2.73. The Bertz CT molecular complexity index is 129. The highest BCUT2D eigenvalue weighted by Crippen LogP contribution is 2.16. The molecule has 2 unspecified atom stereocenters. The van der Waals surface area contributed by atoms with Crippen molar-refractivity contribution in [2.75, 3.05) is 0 Å². The SMILES string of the molecule is CC(C(Cl)Cl)C(N)C(=O)O. The minimum atomic E-state index is -1.08. The maximum Gasteiger partial charge on any atom is 0.320 e. The number of nitrogens with two attached hydrogens (primary N) is 1. The van der Waals surface area contributed by atoms with Gasteiger partial charge in [-0.15, -0.1) is 23.2 Å². The first-order chi connectivity index (χ1) is 4.46. The molecule has 0 aliphatic heterocycles. The van der Waals surface area contributed by atoms with Crippen LogP contribution in [0.3, 0.4) is 0 Å². The second-order valence-electron chi connectivity index (χ2n) is 2.06. The van der Waals surface area contributed by atoms with Gasteiger partial charge in [0.05, 0.1) is 0 Å². The number of hydrogen-bond donors (Lipinski definition) is 2. The lowest BCUT2D eigenvalue weighted by atomic mass is 10.1. The summed E-state index contributed by atoms with van der Waals surface area (Å²) in [5.74, 6) is -1.51. The molecule has 2 atom stereocenters. The third-order valence-corrected chi connectivity index (χ3v) is 2.04. The second-order valence-corrected chi connectivity index (χ2v) is 3.22. The maximum atomic E-state index is 10.2. The zero-order valence-corrected chi connectivity index (χ0v) is 6.93. The molecule has 3 N–H and O–H groups in total. The van der Waals surface area contributed by atoms with Gasteiger partial charge in [-0.3, -0.25) is 4.79 Å². The van der Waals surface area contributed by atoms with Gasteiger partial charge in [-0.1, -0.05) is 6.92 Å². The Morgan fingerprint density at radius 1 is 1.60 bits per heavy atom. The fraction of sp³-hybridized carbons (Fsp3) is 0.800. The van der Waals surface area contributed by atoms with E-state index in [9.17, 15) is 4.79 Å². The van der Waals surface area contributed by atoms with Crippen LogP contribution in [0.25, 0.3) is 0 Å². The number of halogens is 2. The van der Waals surface area contributed by atoms with Gasteiger partial charge >= 0.3 is 5.97 Å². The summed E-state index contributed by atoms with van der Waals surface area (Å²) in [5, 5.41) is 8.36. The fourth-order valence-corrected chi connectivity index (χ4v) is 0.695. The molecule has 0 heterocycles. The van der Waals surface area contributed by atoms with Crippen LogP contribution in [0.15, 0.2) is 0 Å². The van der Waals surface area contributed by atoms with Crippen molar-refractivity contribution < 1.29 is 9.90 Å². The average molecular weight is 186 g/mol. The molecule has 0 amide bonds. The number of carbonyl (C=O) groups is 1. The van der Waals surface area contributed by atoms with Crippen molar-refractivity contribution in [1.82, 2.24) is 0 Å². The molecule has 3 nitrogen and oxygen atoms in total. The van der Waals surface area contributed by atoms with Crippen molar-refractivity contribution in [2.45, 2.75) is 17.8 Å². The van der Waals surface area contributed by atoms with Gasteiger partial charge in [0.2, 0.25) is 0 Å². The van der Waals surface area contributed by atoms with E-state index in [1.54, 1.807) is 6.92 Å². The molecule has 0 saturated heterocycles. The molecular formula is C5H9Cl2NO2. The van der Waals surface area contributed by atoms with Crippen molar-refractivity contribution in [1.29, 1.82) is 0 Å². The van der Waals surface area contributed by atoms with E-state index >= 15 is 0 Å². The average Bonchev–Trinajstić information content (AvgIpc) is 1.84. The van der Waals surface area contributed by atoms with E-state index in [1.807, 2.05) is 0 Å². The van der Waals surface area contributed by atoms with E-state index in [2.05, 4.69) is 0 Å². The van der Waals surface area contributed by atoms with Gasteiger partial charge in [-0.2, -0.15) is 0 Å². The highest BCUT2D eigenvalue weighted by molar-refractivity contribution is 6.44. The molecule has 0 aromatic heterocycles. The summed E-state index contributed by atoms with van der Waals surface area (Å²) in [7, 11) is 0. The van der Waals surface area contributed by atoms with E-state index in [0.29, 0.717) is 0 Å². The molecule has 0 saturated carbocycles. The molecular weight excluding hydrogens is 177 g/mol. The van der Waals surface area contributed by atoms with Gasteiger partial charge in [0.1, 0.15) is 10.9 Å². The van der Waals surface area contributed by atoms with Crippen LogP contribution >= 0.6 is 23.2 Å². The molecule has 5 heteroatoms. The van der Waals surface area contributed by atoms with Crippen LogP contribution in [0.1, 0.15) is 6.92 Å². The molecule has 0 rings (SSSR count). The standard InChI is InChI=1S/C5H9Cl2NO2/c1-2(4(6)7)3(8)5(9)10/h2-4H,8H2,1H3,(H,9,10). The predicted octanol–water partition coefficient (Wildman–Crippen LogP) is 0.838. The Hall–Kier alpha value is 0.01000. The molecule has 0 aromatic rings. The Morgan fingerprint density at radius 2 is 2.00 bits per heavy atom. The third-order valence-electron chi connectivity index (χ3n) is 1.25. The lowest BCUT2D eigenvalue weighted by Gasteiger charge is -2.15. The molecule has 0 spiro atoms. The van der Waals surface area contributed by atoms with Gasteiger partial charge in [-0.25, -0.2) is 0 Å². The zero-order chi connectivity index (χ0) is 8.31. The maximum absolute atomic E-state index is 10.2. The molecule has 0 aromatic carbocycles. The van der Waals surface area contributed by atoms with Crippen LogP contribution in [0.2, 0.25) is 0 Å². The van der Waals surface area contributed by atoms with Crippen LogP contribution in [0.4, 0.5) is 0 Å². The summed E-state index contributed by atoms with van der Waals surface area (Å²) >= 11 is 10.8. The van der Waals surface area contributed by atoms with E-state index < -0.39 is 22.8 Å². The number of alkyl halides is 2. The van der Waals surface area contributed by atoms with Crippen LogP contribution in [0, 0.1) is 5.92 Å². The zero-order valence-electron chi connectivity index (χ0n) is 5.42. The predicted molar refractivity (Wildman–Crippen MR) is 40.3 cm³/mol. The monoisotopic (exact) mass is 185 g/mol. The van der Waals surface area contributed by atoms with E-state index in [0.717, 1.165) is 0 Å². The lowest BCUT2D eigenvalue weighted by molar-refractivity contribution is -0.139. The summed E-state index contributed by atoms with van der Waals surface area (Å²) in [6.45, 7) is 1.59. The number of aliphatic carboxylic acids is 1. The Labute approximate surface area is 69.1 Å². The first-order valence-corrected chi connectivity index (χ1v) is 3.60. The van der Waals surface area contributed by atoms with Crippen LogP contribution in [-0.4, -0.2) is 22.0 Å². The number of carboxylic acid groups (broad SMARTS) is 1. The molecule has 60 valence electrons. The quantitative estimate of drug-likeness (QED) is 0.641. The van der Waals surface area contributed by atoms with Crippen molar-refractivity contribution in [3.8, 4) is 0 Å². The van der Waals surface area contributed by atoms with Crippen LogP contribution in [-0.2, 0) is 4.79 Å². The van der Waals surface area contributed by atoms with E-state index in [1.165, 1.54) is 0 Å². The normalized spacial score (nSPS) is 16.9. The van der Waals surface area contributed by atoms with Gasteiger partial charge in [-0.05, 0) is 0 Å². The minimum Gasteiger partial charge on any atom is -0.480 e. The van der Waals surface area contributed by atoms with Gasteiger partial charge in [0.15, 0.2) is 0 Å². The minimum absolute atomic E-state index is 0.430. The van der Waals surface area contributed by atoms with Crippen molar-refractivity contribution in [3.63, 3.8) is 0 Å². The van der Waals surface area contributed by atoms with Crippen LogP contribution in [0.5, 0.6) is 0 Å². The Kier molecular flexibility index (Phi) is 4.01. The Morgan fingerprint density at radius 3 is 2.10 bits per heavy atom. The number of carboxylic acids is 1. The first-order valence-electron chi connectivity index (χ1n) is 2.73. The summed E-state index contributed by atoms with van der Waals surface area (Å²) in [6, 6.07) is -0.986. The summed E-state index contributed by atoms with van der Waals surface area (Å²) < 4.78 is 0. The number of hydrogen-bond acceptors (Lipinski definition) is 2. The summed E-state index contributed by atoms with van der Waals surface area (Å²) in [6.07, 6.45) is 0. The summed E-state index contributed by atoms with van der Waals surface area (Å²) in [4.78, 5) is 9.47. The molecule has 0 aliphatic carbocycles. The molecule has 0 radical (unpaired) electrons. The highest BCUT2D eigenvalue weighted by atomic mass is 35.5. The van der Waals surface area contributed by atoms with Crippen molar-refractivity contribution in [3.05, 3.63) is 0 Å². The van der Waals surface area contributed by atoms with Gasteiger partial charge < -0.3 is 10.8 Å². The Balaban J connectivity index is 3.94.